The lowest BCUT2D eigenvalue weighted by molar-refractivity contribution is -0.271. The topological polar surface area (TPSA) is 281 Å². The van der Waals surface area contributed by atoms with Crippen LogP contribution >= 0.6 is 0 Å². The maximum Gasteiger partial charge on any atom is 0.335 e. The summed E-state index contributed by atoms with van der Waals surface area (Å²) in [4.78, 5) is 41.2. The normalized spacial score (nSPS) is 25.4. The van der Waals surface area contributed by atoms with Gasteiger partial charge in [0.1, 0.15) is 69.9 Å². The molecule has 16 nitrogen and oxygen atoms in total. The van der Waals surface area contributed by atoms with Gasteiger partial charge >= 0.3 is 5.97 Å². The Morgan fingerprint density at radius 1 is 0.806 bits per heavy atom. The summed E-state index contributed by atoms with van der Waals surface area (Å²) in [6.45, 7) is 5.25. The Bertz CT molecular complexity index is 2550. The molecule has 324 valence electrons. The second kappa shape index (κ2) is 16.5. The van der Waals surface area contributed by atoms with E-state index in [1.165, 1.54) is 48.5 Å². The van der Waals surface area contributed by atoms with E-state index in [0.717, 1.165) is 24.3 Å². The first-order valence-corrected chi connectivity index (χ1v) is 19.4. The first-order valence-electron chi connectivity index (χ1n) is 19.4. The Morgan fingerprint density at radius 2 is 1.48 bits per heavy atom. The largest absolute Gasteiger partial charge is 0.508 e. The van der Waals surface area contributed by atoms with Crippen LogP contribution in [0.25, 0.3) is 12.2 Å². The SMILES string of the molecule is CC1=CC(c2c(O)ccc(C(=O)/C=C/c3ccc(O)cc3O)c2O)C(C(=O)c2ccc3c(c2OC2OC(C(=O)O)C(O)C(O)C2O)C=CC(C)(C)O3)C(c2ccc(O)cc2O)C1. The Labute approximate surface area is 353 Å². The molecule has 4 aromatic carbocycles. The van der Waals surface area contributed by atoms with Gasteiger partial charge in [0.2, 0.25) is 6.29 Å². The van der Waals surface area contributed by atoms with Crippen LogP contribution in [0, 0.1) is 5.92 Å². The summed E-state index contributed by atoms with van der Waals surface area (Å²) in [6, 6.07) is 12.7. The van der Waals surface area contributed by atoms with Gasteiger partial charge in [-0.15, -0.1) is 0 Å². The number of hydrogen-bond acceptors (Lipinski definition) is 15. The molecule has 2 aliphatic heterocycles. The third-order valence-corrected chi connectivity index (χ3v) is 11.3. The average molecular weight is 853 g/mol. The molecule has 62 heavy (non-hydrogen) atoms. The number of carbonyl (C=O) groups excluding carboxylic acids is 2. The lowest BCUT2D eigenvalue weighted by Gasteiger charge is -2.40. The van der Waals surface area contributed by atoms with Crippen molar-refractivity contribution in [2.45, 2.75) is 75.3 Å². The number of phenols is 6. The molecule has 0 aromatic heterocycles. The van der Waals surface area contributed by atoms with Crippen molar-refractivity contribution in [2.75, 3.05) is 0 Å². The van der Waals surface area contributed by atoms with Crippen LogP contribution in [0.15, 0.2) is 84.5 Å². The van der Waals surface area contributed by atoms with Crippen LogP contribution in [0.2, 0.25) is 0 Å². The monoisotopic (exact) mass is 852 g/mol. The second-order valence-electron chi connectivity index (χ2n) is 16.1. The maximum atomic E-state index is 15.6. The van der Waals surface area contributed by atoms with Gasteiger partial charge in [-0.2, -0.15) is 0 Å². The van der Waals surface area contributed by atoms with Gasteiger partial charge < -0.3 is 65.3 Å². The van der Waals surface area contributed by atoms with Gasteiger partial charge in [0.15, 0.2) is 17.7 Å². The van der Waals surface area contributed by atoms with Crippen molar-refractivity contribution in [3.05, 3.63) is 118 Å². The van der Waals surface area contributed by atoms with Crippen LogP contribution in [0.1, 0.15) is 82.0 Å². The van der Waals surface area contributed by atoms with Crippen molar-refractivity contribution in [2.24, 2.45) is 5.92 Å². The Kier molecular flexibility index (Phi) is 11.5. The van der Waals surface area contributed by atoms with Crippen LogP contribution in [-0.2, 0) is 9.53 Å². The van der Waals surface area contributed by atoms with Gasteiger partial charge in [-0.1, -0.05) is 17.7 Å². The van der Waals surface area contributed by atoms with E-state index >= 15 is 4.79 Å². The molecule has 4 aromatic rings. The molecule has 2 heterocycles. The summed E-state index contributed by atoms with van der Waals surface area (Å²) in [5, 5.41) is 107. The fraction of sp³-hybridized carbons (Fsp3) is 0.283. The molecule has 3 aliphatic rings. The Hall–Kier alpha value is -6.85. The number of aromatic hydroxyl groups is 6. The van der Waals surface area contributed by atoms with Crippen molar-refractivity contribution >= 4 is 29.7 Å². The molecule has 0 saturated carbocycles. The lowest BCUT2D eigenvalue weighted by Crippen LogP contribution is -2.61. The molecule has 0 spiro atoms. The van der Waals surface area contributed by atoms with Crippen molar-refractivity contribution in [1.29, 1.82) is 0 Å². The van der Waals surface area contributed by atoms with Crippen molar-refractivity contribution < 1.29 is 79.7 Å². The molecule has 1 aliphatic carbocycles. The zero-order valence-electron chi connectivity index (χ0n) is 33.4. The van der Waals surface area contributed by atoms with E-state index < -0.39 is 83.1 Å². The highest BCUT2D eigenvalue weighted by Gasteiger charge is 2.49. The van der Waals surface area contributed by atoms with Crippen molar-refractivity contribution in [1.82, 2.24) is 0 Å². The molecule has 1 fully saturated rings. The zero-order valence-corrected chi connectivity index (χ0v) is 33.4. The number of aliphatic hydroxyl groups excluding tert-OH is 3. The van der Waals surface area contributed by atoms with Crippen LogP contribution in [-0.4, -0.2) is 105 Å². The number of ketones is 2. The third-order valence-electron chi connectivity index (χ3n) is 11.3. The van der Waals surface area contributed by atoms with Crippen molar-refractivity contribution in [3.63, 3.8) is 0 Å². The molecule has 7 rings (SSSR count). The summed E-state index contributed by atoms with van der Waals surface area (Å²) >= 11 is 0. The molecule has 0 amide bonds. The van der Waals surface area contributed by atoms with E-state index in [2.05, 4.69) is 0 Å². The maximum absolute atomic E-state index is 15.6. The predicted molar refractivity (Wildman–Crippen MR) is 219 cm³/mol. The summed E-state index contributed by atoms with van der Waals surface area (Å²) in [5.41, 5.74) is -0.444. The Balaban J connectivity index is 1.39. The number of benzene rings is 4. The number of carboxylic acids is 1. The molecule has 10 N–H and O–H groups in total. The molecular weight excluding hydrogens is 808 g/mol. The third kappa shape index (κ3) is 8.15. The number of aliphatic carboxylic acids is 1. The van der Waals surface area contributed by atoms with Gasteiger partial charge in [-0.25, -0.2) is 4.79 Å². The number of hydrogen-bond donors (Lipinski definition) is 10. The number of carbonyl (C=O) groups is 3. The van der Waals surface area contributed by atoms with Gasteiger partial charge in [0, 0.05) is 41.0 Å². The first-order chi connectivity index (χ1) is 29.3. The number of ether oxygens (including phenoxy) is 3. The highest BCUT2D eigenvalue weighted by Crippen LogP contribution is 2.54. The summed E-state index contributed by atoms with van der Waals surface area (Å²) in [7, 11) is 0. The molecule has 0 radical (unpaired) electrons. The van der Waals surface area contributed by atoms with E-state index in [-0.39, 0.29) is 74.3 Å². The van der Waals surface area contributed by atoms with Gasteiger partial charge in [-0.05, 0) is 99.5 Å². The quantitative estimate of drug-likeness (QED) is 0.0572. The van der Waals surface area contributed by atoms with Gasteiger partial charge in [-0.3, -0.25) is 9.59 Å². The number of aliphatic hydroxyl groups is 3. The van der Waals surface area contributed by atoms with Crippen LogP contribution < -0.4 is 9.47 Å². The second-order valence-corrected chi connectivity index (χ2v) is 16.1. The number of carboxylic acid groups (broad SMARTS) is 1. The highest BCUT2D eigenvalue weighted by atomic mass is 16.7. The number of fused-ring (bicyclic) bond motifs is 1. The number of allylic oxidation sites excluding steroid dienone is 3. The molecule has 8 unspecified atom stereocenters. The average Bonchev–Trinajstić information content (AvgIpc) is 3.19. The van der Waals surface area contributed by atoms with E-state index in [0.29, 0.717) is 5.57 Å². The Morgan fingerprint density at radius 3 is 2.16 bits per heavy atom. The molecule has 1 saturated heterocycles. The number of phenolic OH excluding ortho intramolecular Hbond substituents is 6. The molecule has 16 heteroatoms. The summed E-state index contributed by atoms with van der Waals surface area (Å²) in [5.74, 6) is -9.27. The minimum absolute atomic E-state index is 0.122. The number of rotatable bonds is 10. The van der Waals surface area contributed by atoms with Crippen molar-refractivity contribution in [3.8, 4) is 46.0 Å². The zero-order chi connectivity index (χ0) is 44.9. The fourth-order valence-electron chi connectivity index (χ4n) is 8.21. The van der Waals surface area contributed by atoms with E-state index in [1.54, 1.807) is 39.0 Å². The van der Waals surface area contributed by atoms with Crippen LogP contribution in [0.5, 0.6) is 46.0 Å². The predicted octanol–water partition coefficient (Wildman–Crippen LogP) is 4.99. The lowest BCUT2D eigenvalue weighted by atomic mass is 9.65. The van der Waals surface area contributed by atoms with Crippen LogP contribution in [0.3, 0.4) is 0 Å². The molecule has 0 bridgehead atoms. The summed E-state index contributed by atoms with van der Waals surface area (Å²) < 4.78 is 17.8. The van der Waals surface area contributed by atoms with E-state index in [9.17, 15) is 60.7 Å². The standard InChI is InChI=1S/C46H44O16/c1-20-16-28(24-8-7-23(48)19-33(24)52)35(29(17-20)36-31(50)12-9-25(37(36)53)30(49)11-5-21-4-6-22(47)18-32(21)51)38(54)27-10-13-34-26(14-15-46(2,3)62-34)42(27)60-45-41(57)39(55)40(56)43(61-45)44(58)59/h4-15,17-19,28-29,35,39-41,43,45,47-48,50-53,55-57H,16H2,1-3H3,(H,58,59)/b11-5+. The highest BCUT2D eigenvalue weighted by molar-refractivity contribution is 6.09. The minimum atomic E-state index is -2.06. The summed E-state index contributed by atoms with van der Waals surface area (Å²) in [6.07, 6.45) is -2.87. The molecular formula is C46H44O16. The molecule has 8 atom stereocenters. The van der Waals surface area contributed by atoms with Gasteiger partial charge in [0.25, 0.3) is 0 Å². The van der Waals surface area contributed by atoms with Gasteiger partial charge in [0.05, 0.1) is 16.7 Å². The minimum Gasteiger partial charge on any atom is -0.508 e. The van der Waals surface area contributed by atoms with E-state index in [1.807, 2.05) is 0 Å². The van der Waals surface area contributed by atoms with Crippen LogP contribution in [0.4, 0.5) is 0 Å². The van der Waals surface area contributed by atoms with E-state index in [4.69, 9.17) is 14.2 Å². The number of Topliss-reactive ketones (excluding diaryl/α,β-unsaturated/α-hetero) is 1. The smallest absolute Gasteiger partial charge is 0.335 e. The fourth-order valence-corrected chi connectivity index (χ4v) is 8.21. The first kappa shape index (κ1) is 43.2.